The molecule has 1 aliphatic heterocycles. The van der Waals surface area contributed by atoms with Crippen LogP contribution in [0.15, 0.2) is 36.7 Å². The zero-order valence-corrected chi connectivity index (χ0v) is 14.4. The van der Waals surface area contributed by atoms with Gasteiger partial charge in [-0.25, -0.2) is 9.97 Å². The minimum Gasteiger partial charge on any atom is -0.467 e. The molecule has 0 bridgehead atoms. The predicted molar refractivity (Wildman–Crippen MR) is 89.8 cm³/mol. The van der Waals surface area contributed by atoms with Gasteiger partial charge in [-0.1, -0.05) is 6.07 Å². The number of nitrogens with zero attached hydrogens (tertiary/aromatic N) is 3. The van der Waals surface area contributed by atoms with Gasteiger partial charge in [0.2, 0.25) is 0 Å². The van der Waals surface area contributed by atoms with E-state index in [-0.39, 0.29) is 23.7 Å². The number of aromatic nitrogens is 2. The van der Waals surface area contributed by atoms with Gasteiger partial charge < -0.3 is 19.7 Å². The molecule has 1 aliphatic rings. The number of anilines is 1. The number of methoxy groups -OCH3 is 1. The first-order valence-electron chi connectivity index (χ1n) is 8.12. The fourth-order valence-corrected chi connectivity index (χ4v) is 2.80. The Hall–Kier alpha value is -3.04. The van der Waals surface area contributed by atoms with Crippen LogP contribution >= 0.6 is 0 Å². The van der Waals surface area contributed by atoms with E-state index < -0.39 is 6.36 Å². The van der Waals surface area contributed by atoms with Crippen LogP contribution in [-0.4, -0.2) is 48.5 Å². The smallest absolute Gasteiger partial charge is 0.467 e. The van der Waals surface area contributed by atoms with Crippen molar-refractivity contribution in [2.45, 2.75) is 18.8 Å². The molecule has 0 spiro atoms. The highest BCUT2D eigenvalue weighted by molar-refractivity contribution is 5.93. The molecule has 10 heteroatoms. The van der Waals surface area contributed by atoms with E-state index in [4.69, 9.17) is 4.74 Å². The third-order valence-electron chi connectivity index (χ3n) is 4.01. The fraction of sp³-hybridized carbons (Fsp3) is 0.353. The highest BCUT2D eigenvalue weighted by Crippen LogP contribution is 2.28. The molecule has 1 N–H and O–H groups in total. The number of benzene rings is 1. The maximum Gasteiger partial charge on any atom is 0.573 e. The summed E-state index contributed by atoms with van der Waals surface area (Å²) in [6.45, 7) is 1.07. The maximum absolute atomic E-state index is 12.4. The summed E-state index contributed by atoms with van der Waals surface area (Å²) in [4.78, 5) is 21.9. The molecule has 0 saturated carbocycles. The Morgan fingerprint density at radius 1 is 1.30 bits per heavy atom. The molecule has 1 unspecified atom stereocenters. The number of halogens is 3. The number of alkyl halides is 3. The first-order chi connectivity index (χ1) is 12.8. The predicted octanol–water partition coefficient (Wildman–Crippen LogP) is 2.39. The average Bonchev–Trinajstić information content (AvgIpc) is 3.09. The SMILES string of the molecule is COc1ncc(C(=O)NC2CCN(c3cccc(OC(F)(F)F)c3)C2)cn1. The normalized spacial score (nSPS) is 16.9. The first kappa shape index (κ1) is 18.7. The van der Waals surface area contributed by atoms with E-state index in [0.29, 0.717) is 30.8 Å². The van der Waals surface area contributed by atoms with Crippen molar-refractivity contribution in [3.63, 3.8) is 0 Å². The number of ether oxygens (including phenoxy) is 2. The Morgan fingerprint density at radius 3 is 2.70 bits per heavy atom. The van der Waals surface area contributed by atoms with Crippen LogP contribution in [0.4, 0.5) is 18.9 Å². The van der Waals surface area contributed by atoms with Gasteiger partial charge in [0.05, 0.1) is 12.7 Å². The molecule has 27 heavy (non-hydrogen) atoms. The van der Waals surface area contributed by atoms with Crippen molar-refractivity contribution in [1.29, 1.82) is 0 Å². The van der Waals surface area contributed by atoms with Crippen LogP contribution in [0.3, 0.4) is 0 Å². The van der Waals surface area contributed by atoms with E-state index >= 15 is 0 Å². The molecular formula is C17H17F3N4O3. The van der Waals surface area contributed by atoms with E-state index in [1.54, 1.807) is 6.07 Å². The second-order valence-corrected chi connectivity index (χ2v) is 5.91. The van der Waals surface area contributed by atoms with Crippen molar-refractivity contribution in [2.24, 2.45) is 0 Å². The number of carbonyl (C=O) groups is 1. The Bertz CT molecular complexity index is 799. The molecule has 1 saturated heterocycles. The van der Waals surface area contributed by atoms with Gasteiger partial charge in [-0.2, -0.15) is 0 Å². The summed E-state index contributed by atoms with van der Waals surface area (Å²) in [5, 5.41) is 2.87. The molecule has 1 amide bonds. The molecule has 1 fully saturated rings. The highest BCUT2D eigenvalue weighted by atomic mass is 19.4. The highest BCUT2D eigenvalue weighted by Gasteiger charge is 2.31. The molecule has 1 aromatic heterocycles. The zero-order chi connectivity index (χ0) is 19.4. The van der Waals surface area contributed by atoms with Gasteiger partial charge in [0.25, 0.3) is 5.91 Å². The number of hydrogen-bond donors (Lipinski definition) is 1. The van der Waals surface area contributed by atoms with Crippen LogP contribution in [0, 0.1) is 0 Å². The Kier molecular flexibility index (Phi) is 5.33. The lowest BCUT2D eigenvalue weighted by Crippen LogP contribution is -2.37. The summed E-state index contributed by atoms with van der Waals surface area (Å²) in [5.74, 6) is -0.596. The summed E-state index contributed by atoms with van der Waals surface area (Å²) in [6, 6.07) is 5.79. The van der Waals surface area contributed by atoms with Gasteiger partial charge in [-0.05, 0) is 18.6 Å². The molecule has 7 nitrogen and oxygen atoms in total. The molecule has 2 heterocycles. The summed E-state index contributed by atoms with van der Waals surface area (Å²) in [5.41, 5.74) is 0.899. The summed E-state index contributed by atoms with van der Waals surface area (Å²) in [6.07, 6.45) is -1.34. The number of hydrogen-bond acceptors (Lipinski definition) is 6. The molecule has 2 aromatic rings. The average molecular weight is 382 g/mol. The van der Waals surface area contributed by atoms with Crippen molar-refractivity contribution >= 4 is 11.6 Å². The lowest BCUT2D eigenvalue weighted by molar-refractivity contribution is -0.274. The second-order valence-electron chi connectivity index (χ2n) is 5.91. The Labute approximate surface area is 153 Å². The zero-order valence-electron chi connectivity index (χ0n) is 14.4. The largest absolute Gasteiger partial charge is 0.573 e. The Morgan fingerprint density at radius 2 is 2.04 bits per heavy atom. The number of rotatable bonds is 5. The van der Waals surface area contributed by atoms with Crippen LogP contribution in [0.1, 0.15) is 16.8 Å². The van der Waals surface area contributed by atoms with Gasteiger partial charge in [-0.3, -0.25) is 4.79 Å². The van der Waals surface area contributed by atoms with Crippen molar-refractivity contribution in [3.05, 3.63) is 42.2 Å². The lowest BCUT2D eigenvalue weighted by Gasteiger charge is -2.20. The lowest BCUT2D eigenvalue weighted by atomic mass is 10.2. The van der Waals surface area contributed by atoms with E-state index in [9.17, 15) is 18.0 Å². The van der Waals surface area contributed by atoms with Gasteiger partial charge in [0.15, 0.2) is 0 Å². The summed E-state index contributed by atoms with van der Waals surface area (Å²) in [7, 11) is 1.43. The van der Waals surface area contributed by atoms with E-state index in [1.807, 2.05) is 4.90 Å². The molecular weight excluding hydrogens is 365 g/mol. The van der Waals surface area contributed by atoms with E-state index in [1.165, 1.54) is 37.7 Å². The molecule has 3 rings (SSSR count). The standard InChI is InChI=1S/C17H17F3N4O3/c1-26-16-21-8-11(9-22-16)15(25)23-12-5-6-24(10-12)13-3-2-4-14(7-13)27-17(18,19)20/h2-4,7-9,12H,5-6,10H2,1H3,(H,23,25). The topological polar surface area (TPSA) is 76.6 Å². The van der Waals surface area contributed by atoms with Gasteiger partial charge in [-0.15, -0.1) is 13.2 Å². The van der Waals surface area contributed by atoms with Crippen molar-refractivity contribution in [1.82, 2.24) is 15.3 Å². The second kappa shape index (κ2) is 7.68. The van der Waals surface area contributed by atoms with Gasteiger partial charge in [0.1, 0.15) is 5.75 Å². The van der Waals surface area contributed by atoms with Crippen LogP contribution < -0.4 is 19.7 Å². The monoisotopic (exact) mass is 382 g/mol. The Balaban J connectivity index is 1.59. The fourth-order valence-electron chi connectivity index (χ4n) is 2.80. The van der Waals surface area contributed by atoms with Crippen LogP contribution in [-0.2, 0) is 0 Å². The molecule has 0 aliphatic carbocycles. The van der Waals surface area contributed by atoms with Gasteiger partial charge in [0, 0.05) is 43.3 Å². The first-order valence-corrected chi connectivity index (χ1v) is 8.12. The third-order valence-corrected chi connectivity index (χ3v) is 4.01. The number of nitrogens with one attached hydrogen (secondary N) is 1. The number of carbonyl (C=O) groups excluding carboxylic acids is 1. The maximum atomic E-state index is 12.4. The van der Waals surface area contributed by atoms with Crippen LogP contribution in [0.25, 0.3) is 0 Å². The molecule has 0 radical (unpaired) electrons. The molecule has 1 atom stereocenters. The quantitative estimate of drug-likeness (QED) is 0.856. The van der Waals surface area contributed by atoms with Crippen molar-refractivity contribution in [2.75, 3.05) is 25.1 Å². The minimum atomic E-state index is -4.74. The van der Waals surface area contributed by atoms with Crippen molar-refractivity contribution in [3.8, 4) is 11.8 Å². The third kappa shape index (κ3) is 4.99. The van der Waals surface area contributed by atoms with Crippen molar-refractivity contribution < 1.29 is 27.4 Å². The molecule has 144 valence electrons. The number of amides is 1. The summed E-state index contributed by atoms with van der Waals surface area (Å²) >= 11 is 0. The summed E-state index contributed by atoms with van der Waals surface area (Å²) < 4.78 is 45.9. The van der Waals surface area contributed by atoms with Crippen LogP contribution in [0.2, 0.25) is 0 Å². The van der Waals surface area contributed by atoms with Gasteiger partial charge >= 0.3 is 12.4 Å². The molecule has 1 aromatic carbocycles. The van der Waals surface area contributed by atoms with E-state index in [2.05, 4.69) is 20.0 Å². The minimum absolute atomic E-state index is 0.146. The van der Waals surface area contributed by atoms with E-state index in [0.717, 1.165) is 0 Å². The van der Waals surface area contributed by atoms with Crippen LogP contribution in [0.5, 0.6) is 11.8 Å².